The zero-order valence-corrected chi connectivity index (χ0v) is 20.0. The average molecular weight is 494 g/mol. The number of benzene rings is 2. The summed E-state index contributed by atoms with van der Waals surface area (Å²) >= 11 is 0. The van der Waals surface area contributed by atoms with Gasteiger partial charge in [-0.15, -0.1) is 0 Å². The van der Waals surface area contributed by atoms with E-state index in [-0.39, 0.29) is 30.3 Å². The van der Waals surface area contributed by atoms with Gasteiger partial charge in [-0.25, -0.2) is 9.42 Å². The number of rotatable bonds is 7. The van der Waals surface area contributed by atoms with Gasteiger partial charge >= 0.3 is 6.09 Å². The van der Waals surface area contributed by atoms with Crippen LogP contribution >= 0.6 is 0 Å². The lowest BCUT2D eigenvalue weighted by Gasteiger charge is -2.28. The lowest BCUT2D eigenvalue weighted by Crippen LogP contribution is -2.42. The number of ether oxygens (including phenoxy) is 1. The number of amides is 2. The van der Waals surface area contributed by atoms with Gasteiger partial charge in [0.15, 0.2) is 23.0 Å². The largest absolute Gasteiger partial charge is 0.444 e. The lowest BCUT2D eigenvalue weighted by atomic mass is 9.95. The fourth-order valence-corrected chi connectivity index (χ4v) is 3.73. The number of anilines is 4. The smallest absolute Gasteiger partial charge is 0.408 e. The van der Waals surface area contributed by atoms with E-state index in [4.69, 9.17) is 15.1 Å². The molecule has 2 heterocycles. The minimum atomic E-state index is -1.15. The summed E-state index contributed by atoms with van der Waals surface area (Å²) < 4.78 is 9.89. The standard InChI is InChI=1S/C24H27N7O5/c1-23(2,3)35-22(34)26-13-19(33)27-15-10-8-14(9-11-15)18(32)12-24(20-21(25)31-36-30-20)28-16-6-4-5-7-17(16)29-24/h4-11,28-29H,12-13H2,1-3H3,(H2,25,31)(H,26,34)(H,27,33). The van der Waals surface area contributed by atoms with Crippen LogP contribution in [0, 0.1) is 0 Å². The van der Waals surface area contributed by atoms with Gasteiger partial charge < -0.3 is 31.7 Å². The number of para-hydroxylation sites is 2. The van der Waals surface area contributed by atoms with Crippen molar-refractivity contribution in [3.05, 3.63) is 59.8 Å². The molecule has 0 radical (unpaired) electrons. The first-order valence-electron chi connectivity index (χ1n) is 11.2. The highest BCUT2D eigenvalue weighted by Gasteiger charge is 2.44. The molecule has 0 spiro atoms. The van der Waals surface area contributed by atoms with Crippen molar-refractivity contribution >= 4 is 40.7 Å². The topological polar surface area (TPSA) is 174 Å². The molecule has 12 heteroatoms. The number of nitrogens with zero attached hydrogens (tertiary/aromatic N) is 2. The van der Waals surface area contributed by atoms with Gasteiger partial charge in [0.1, 0.15) is 12.1 Å². The molecule has 0 fully saturated rings. The Bertz CT molecular complexity index is 1260. The summed E-state index contributed by atoms with van der Waals surface area (Å²) in [4.78, 5) is 37.1. The van der Waals surface area contributed by atoms with E-state index in [2.05, 4.69) is 31.6 Å². The Morgan fingerprint density at radius 2 is 1.67 bits per heavy atom. The molecule has 0 saturated carbocycles. The Balaban J connectivity index is 1.41. The predicted octanol–water partition coefficient (Wildman–Crippen LogP) is 3.08. The number of carbonyl (C=O) groups excluding carboxylic acids is 3. The third kappa shape index (κ3) is 5.54. The van der Waals surface area contributed by atoms with Crippen LogP contribution in [-0.2, 0) is 15.2 Å². The summed E-state index contributed by atoms with van der Waals surface area (Å²) in [6, 6.07) is 13.9. The molecule has 36 heavy (non-hydrogen) atoms. The highest BCUT2D eigenvalue weighted by atomic mass is 16.6. The predicted molar refractivity (Wildman–Crippen MR) is 132 cm³/mol. The van der Waals surface area contributed by atoms with Crippen LogP contribution in [0.5, 0.6) is 0 Å². The highest BCUT2D eigenvalue weighted by Crippen LogP contribution is 2.42. The van der Waals surface area contributed by atoms with Crippen LogP contribution < -0.4 is 27.0 Å². The molecular formula is C24H27N7O5. The van der Waals surface area contributed by atoms with E-state index < -0.39 is 23.3 Å². The van der Waals surface area contributed by atoms with Gasteiger partial charge in [0.05, 0.1) is 17.8 Å². The van der Waals surface area contributed by atoms with Crippen molar-refractivity contribution in [1.82, 2.24) is 15.6 Å². The van der Waals surface area contributed by atoms with Crippen LogP contribution in [0.1, 0.15) is 43.2 Å². The number of alkyl carbamates (subject to hydrolysis) is 1. The van der Waals surface area contributed by atoms with Gasteiger partial charge in [-0.1, -0.05) is 12.1 Å². The molecule has 6 N–H and O–H groups in total. The summed E-state index contributed by atoms with van der Waals surface area (Å²) in [5, 5.41) is 19.2. The lowest BCUT2D eigenvalue weighted by molar-refractivity contribution is -0.115. The first-order chi connectivity index (χ1) is 17.0. The zero-order valence-electron chi connectivity index (χ0n) is 20.0. The third-order valence-corrected chi connectivity index (χ3v) is 5.25. The number of Topliss-reactive ketones (excluding diaryl/α,β-unsaturated/α-hetero) is 1. The number of aromatic nitrogens is 2. The first kappa shape index (κ1) is 24.5. The molecule has 2 aromatic carbocycles. The van der Waals surface area contributed by atoms with Crippen molar-refractivity contribution in [2.75, 3.05) is 28.2 Å². The molecule has 4 rings (SSSR count). The number of ketones is 1. The molecule has 2 amide bonds. The van der Waals surface area contributed by atoms with Crippen molar-refractivity contribution in [3.8, 4) is 0 Å². The number of nitrogens with one attached hydrogen (secondary N) is 4. The van der Waals surface area contributed by atoms with Gasteiger partial charge in [0.2, 0.25) is 5.91 Å². The van der Waals surface area contributed by atoms with Crippen LogP contribution in [0.25, 0.3) is 0 Å². The normalized spacial score (nSPS) is 13.6. The second kappa shape index (κ2) is 9.56. The number of fused-ring (bicyclic) bond motifs is 1. The average Bonchev–Trinajstić information content (AvgIpc) is 3.40. The quantitative estimate of drug-likeness (QED) is 0.308. The Hall–Kier alpha value is -4.61. The maximum Gasteiger partial charge on any atom is 0.408 e. The fourth-order valence-electron chi connectivity index (χ4n) is 3.73. The summed E-state index contributed by atoms with van der Waals surface area (Å²) in [5.41, 5.74) is 6.86. The summed E-state index contributed by atoms with van der Waals surface area (Å²) in [6.07, 6.45) is -0.738. The number of carbonyl (C=O) groups is 3. The molecule has 1 aromatic heterocycles. The van der Waals surface area contributed by atoms with Crippen molar-refractivity contribution in [2.45, 2.75) is 38.5 Å². The van der Waals surface area contributed by atoms with E-state index in [0.717, 1.165) is 11.4 Å². The van der Waals surface area contributed by atoms with Gasteiger partial charge in [-0.05, 0) is 67.5 Å². The fraction of sp³-hybridized carbons (Fsp3) is 0.292. The number of hydrogen-bond donors (Lipinski definition) is 5. The second-order valence-corrected chi connectivity index (χ2v) is 9.28. The molecule has 0 atom stereocenters. The zero-order chi connectivity index (χ0) is 25.9. The Labute approximate surface area is 206 Å². The van der Waals surface area contributed by atoms with E-state index in [1.807, 2.05) is 24.3 Å². The number of hydrogen-bond acceptors (Lipinski definition) is 10. The van der Waals surface area contributed by atoms with E-state index in [0.29, 0.717) is 11.3 Å². The third-order valence-electron chi connectivity index (χ3n) is 5.25. The molecule has 0 saturated heterocycles. The summed E-state index contributed by atoms with van der Waals surface area (Å²) in [5.74, 6) is -0.589. The van der Waals surface area contributed by atoms with Crippen molar-refractivity contribution < 1.29 is 23.7 Å². The van der Waals surface area contributed by atoms with Crippen LogP contribution in [0.15, 0.2) is 53.2 Å². The minimum absolute atomic E-state index is 0.0500. The minimum Gasteiger partial charge on any atom is -0.444 e. The highest BCUT2D eigenvalue weighted by molar-refractivity contribution is 5.99. The van der Waals surface area contributed by atoms with Crippen LogP contribution in [0.3, 0.4) is 0 Å². The summed E-state index contributed by atoms with van der Waals surface area (Å²) in [6.45, 7) is 4.93. The van der Waals surface area contributed by atoms with Gasteiger partial charge in [0, 0.05) is 11.3 Å². The van der Waals surface area contributed by atoms with E-state index >= 15 is 0 Å². The van der Waals surface area contributed by atoms with Crippen LogP contribution in [0.2, 0.25) is 0 Å². The summed E-state index contributed by atoms with van der Waals surface area (Å²) in [7, 11) is 0. The second-order valence-electron chi connectivity index (χ2n) is 9.28. The molecule has 1 aliphatic heterocycles. The molecule has 0 bridgehead atoms. The molecule has 12 nitrogen and oxygen atoms in total. The molecule has 0 unspecified atom stereocenters. The Kier molecular flexibility index (Phi) is 6.51. The van der Waals surface area contributed by atoms with Crippen LogP contribution in [0.4, 0.5) is 27.7 Å². The molecule has 188 valence electrons. The van der Waals surface area contributed by atoms with E-state index in [1.54, 1.807) is 45.0 Å². The monoisotopic (exact) mass is 493 g/mol. The molecule has 1 aliphatic rings. The van der Waals surface area contributed by atoms with Crippen molar-refractivity contribution in [3.63, 3.8) is 0 Å². The Morgan fingerprint density at radius 3 is 2.22 bits per heavy atom. The SMILES string of the molecule is CC(C)(C)OC(=O)NCC(=O)Nc1ccc(C(=O)CC2(c3nonc3N)Nc3ccccc3N2)cc1. The molecule has 0 aliphatic carbocycles. The van der Waals surface area contributed by atoms with E-state index in [9.17, 15) is 14.4 Å². The maximum absolute atomic E-state index is 13.2. The van der Waals surface area contributed by atoms with Gasteiger partial charge in [-0.2, -0.15) is 0 Å². The van der Waals surface area contributed by atoms with Crippen molar-refractivity contribution in [1.29, 1.82) is 0 Å². The van der Waals surface area contributed by atoms with Crippen LogP contribution in [-0.4, -0.2) is 40.2 Å². The van der Waals surface area contributed by atoms with Crippen molar-refractivity contribution in [2.24, 2.45) is 0 Å². The van der Waals surface area contributed by atoms with Gasteiger partial charge in [-0.3, -0.25) is 9.59 Å². The molecule has 3 aromatic rings. The molecular weight excluding hydrogens is 466 g/mol. The number of nitrogen functional groups attached to an aromatic ring is 1. The first-order valence-corrected chi connectivity index (χ1v) is 11.2. The number of nitrogens with two attached hydrogens (primary N) is 1. The Morgan fingerprint density at radius 1 is 1.03 bits per heavy atom. The maximum atomic E-state index is 13.2. The van der Waals surface area contributed by atoms with E-state index in [1.165, 1.54) is 0 Å². The van der Waals surface area contributed by atoms with Gasteiger partial charge in [0.25, 0.3) is 0 Å².